The molecular weight excluding hydrogens is 366 g/mol. The molecule has 3 amide bonds. The van der Waals surface area contributed by atoms with Crippen LogP contribution in [0, 0.1) is 23.2 Å². The minimum Gasteiger partial charge on any atom is -0.497 e. The summed E-state index contributed by atoms with van der Waals surface area (Å²) in [5, 5.41) is 8.77. The van der Waals surface area contributed by atoms with Crippen molar-refractivity contribution in [3.05, 3.63) is 24.3 Å². The summed E-state index contributed by atoms with van der Waals surface area (Å²) < 4.78 is 5.10. The van der Waals surface area contributed by atoms with Crippen molar-refractivity contribution in [2.24, 2.45) is 23.2 Å². The summed E-state index contributed by atoms with van der Waals surface area (Å²) in [5.41, 5.74) is 0.993. The molecule has 0 spiro atoms. The second kappa shape index (κ2) is 8.25. The Morgan fingerprint density at radius 3 is 2.21 bits per heavy atom. The molecule has 1 atom stereocenters. The third kappa shape index (κ3) is 4.51. The fraction of sp³-hybridized carbons (Fsp3) is 0.652. The third-order valence-electron chi connectivity index (χ3n) is 7.37. The molecule has 3 N–H and O–H groups in total. The van der Waals surface area contributed by atoms with Gasteiger partial charge in [0.2, 0.25) is 5.91 Å². The van der Waals surface area contributed by atoms with Gasteiger partial charge in [-0.1, -0.05) is 0 Å². The molecule has 29 heavy (non-hydrogen) atoms. The number of rotatable bonds is 7. The molecule has 0 radical (unpaired) electrons. The number of nitrogens with one attached hydrogen (secondary N) is 3. The third-order valence-corrected chi connectivity index (χ3v) is 7.37. The van der Waals surface area contributed by atoms with Crippen molar-refractivity contribution < 1.29 is 14.3 Å². The molecule has 0 aliphatic heterocycles. The zero-order chi connectivity index (χ0) is 20.4. The van der Waals surface area contributed by atoms with Crippen LogP contribution in [0.1, 0.15) is 51.9 Å². The number of carbonyl (C=O) groups is 2. The lowest BCUT2D eigenvalue weighted by molar-refractivity contribution is -0.125. The maximum Gasteiger partial charge on any atom is 0.319 e. The maximum absolute atomic E-state index is 12.5. The SMILES string of the molecule is COc1ccc(NC(=O)NCCC(=O)N[C@@H](C)C23CC4CC(CC(C4)C2)C3)cc1. The zero-order valence-corrected chi connectivity index (χ0v) is 17.5. The van der Waals surface area contributed by atoms with Crippen LogP contribution < -0.4 is 20.7 Å². The van der Waals surface area contributed by atoms with Gasteiger partial charge in [-0.3, -0.25) is 4.79 Å². The Kier molecular flexibility index (Phi) is 5.70. The highest BCUT2D eigenvalue weighted by Crippen LogP contribution is 2.61. The van der Waals surface area contributed by atoms with Crippen LogP contribution in [0.25, 0.3) is 0 Å². The summed E-state index contributed by atoms with van der Waals surface area (Å²) in [7, 11) is 1.60. The Hall–Kier alpha value is -2.24. The number of benzene rings is 1. The van der Waals surface area contributed by atoms with Crippen LogP contribution in [-0.4, -0.2) is 31.6 Å². The van der Waals surface area contributed by atoms with Gasteiger partial charge in [0, 0.05) is 24.7 Å². The molecule has 6 heteroatoms. The lowest BCUT2D eigenvalue weighted by Gasteiger charge is -2.59. The van der Waals surface area contributed by atoms with Crippen LogP contribution >= 0.6 is 0 Å². The first-order valence-electron chi connectivity index (χ1n) is 10.9. The van der Waals surface area contributed by atoms with E-state index in [1.54, 1.807) is 31.4 Å². The molecule has 5 rings (SSSR count). The van der Waals surface area contributed by atoms with E-state index in [1.165, 1.54) is 38.5 Å². The molecule has 0 saturated heterocycles. The Morgan fingerprint density at radius 2 is 1.66 bits per heavy atom. The molecule has 0 unspecified atom stereocenters. The molecule has 0 aromatic heterocycles. The minimum absolute atomic E-state index is 0.0259. The predicted molar refractivity (Wildman–Crippen MR) is 113 cm³/mol. The van der Waals surface area contributed by atoms with Gasteiger partial charge in [0.15, 0.2) is 0 Å². The summed E-state index contributed by atoms with van der Waals surface area (Å²) >= 11 is 0. The summed E-state index contributed by atoms with van der Waals surface area (Å²) in [6.07, 6.45) is 8.37. The monoisotopic (exact) mass is 399 g/mol. The van der Waals surface area contributed by atoms with Gasteiger partial charge in [0.05, 0.1) is 7.11 Å². The number of carbonyl (C=O) groups excluding carboxylic acids is 2. The van der Waals surface area contributed by atoms with Crippen LogP contribution in [-0.2, 0) is 4.79 Å². The van der Waals surface area contributed by atoms with E-state index in [0.29, 0.717) is 24.1 Å². The highest BCUT2D eigenvalue weighted by molar-refractivity contribution is 5.89. The molecule has 1 aromatic rings. The first-order chi connectivity index (χ1) is 14.0. The average Bonchev–Trinajstić information content (AvgIpc) is 2.67. The highest BCUT2D eigenvalue weighted by Gasteiger charge is 2.53. The summed E-state index contributed by atoms with van der Waals surface area (Å²) in [6.45, 7) is 2.51. The van der Waals surface area contributed by atoms with Crippen LogP contribution in [0.2, 0.25) is 0 Å². The maximum atomic E-state index is 12.5. The smallest absolute Gasteiger partial charge is 0.319 e. The summed E-state index contributed by atoms with van der Waals surface area (Å²) in [5.74, 6) is 3.40. The summed E-state index contributed by atoms with van der Waals surface area (Å²) in [6, 6.07) is 7.04. The second-order valence-electron chi connectivity index (χ2n) is 9.43. The van der Waals surface area contributed by atoms with E-state index in [9.17, 15) is 9.59 Å². The van der Waals surface area contributed by atoms with Crippen molar-refractivity contribution >= 4 is 17.6 Å². The minimum atomic E-state index is -0.308. The Labute approximate surface area is 173 Å². The largest absolute Gasteiger partial charge is 0.497 e. The van der Waals surface area contributed by atoms with Crippen molar-refractivity contribution in [3.8, 4) is 5.75 Å². The molecule has 4 bridgehead atoms. The van der Waals surface area contributed by atoms with E-state index in [1.807, 2.05) is 0 Å². The molecule has 1 aromatic carbocycles. The second-order valence-corrected chi connectivity index (χ2v) is 9.43. The van der Waals surface area contributed by atoms with Crippen molar-refractivity contribution in [1.29, 1.82) is 0 Å². The van der Waals surface area contributed by atoms with Crippen LogP contribution in [0.3, 0.4) is 0 Å². The van der Waals surface area contributed by atoms with Crippen LogP contribution in [0.4, 0.5) is 10.5 Å². The van der Waals surface area contributed by atoms with Crippen molar-refractivity contribution in [2.45, 2.75) is 57.9 Å². The first-order valence-corrected chi connectivity index (χ1v) is 10.9. The van der Waals surface area contributed by atoms with Crippen molar-refractivity contribution in [2.75, 3.05) is 19.0 Å². The molecule has 4 aliphatic rings. The Bertz CT molecular complexity index is 711. The first kappa shape index (κ1) is 20.0. The lowest BCUT2D eigenvalue weighted by Crippen LogP contribution is -2.56. The van der Waals surface area contributed by atoms with Crippen molar-refractivity contribution in [1.82, 2.24) is 10.6 Å². The number of ether oxygens (including phenoxy) is 1. The number of anilines is 1. The normalized spacial score (nSPS) is 30.5. The lowest BCUT2D eigenvalue weighted by atomic mass is 9.48. The van der Waals surface area contributed by atoms with Gasteiger partial charge in [-0.05, 0) is 92.9 Å². The molecular formula is C23H33N3O3. The van der Waals surface area contributed by atoms with E-state index in [0.717, 1.165) is 23.5 Å². The van der Waals surface area contributed by atoms with Gasteiger partial charge in [-0.15, -0.1) is 0 Å². The number of amides is 3. The van der Waals surface area contributed by atoms with E-state index in [-0.39, 0.29) is 18.0 Å². The Balaban J connectivity index is 1.19. The van der Waals surface area contributed by atoms with Gasteiger partial charge in [0.1, 0.15) is 5.75 Å². The topological polar surface area (TPSA) is 79.5 Å². The number of hydrogen-bond donors (Lipinski definition) is 3. The Morgan fingerprint density at radius 1 is 1.07 bits per heavy atom. The van der Waals surface area contributed by atoms with E-state index < -0.39 is 0 Å². The quantitative estimate of drug-likeness (QED) is 0.650. The molecule has 158 valence electrons. The van der Waals surface area contributed by atoms with Gasteiger partial charge >= 0.3 is 6.03 Å². The number of urea groups is 1. The standard InChI is InChI=1S/C23H33N3O3/c1-15(23-12-16-9-17(13-23)11-18(10-16)14-23)25-21(27)7-8-24-22(28)26-19-3-5-20(29-2)6-4-19/h3-6,15-18H,7-14H2,1-2H3,(H,25,27)(H2,24,26,28)/t15-,16?,17?,18?,23?/m0/s1. The number of hydrogen-bond acceptors (Lipinski definition) is 3. The van der Waals surface area contributed by atoms with Gasteiger partial charge in [0.25, 0.3) is 0 Å². The summed E-state index contributed by atoms with van der Waals surface area (Å²) in [4.78, 5) is 24.5. The van der Waals surface area contributed by atoms with E-state index in [4.69, 9.17) is 4.74 Å². The fourth-order valence-corrected chi connectivity index (χ4v) is 6.31. The van der Waals surface area contributed by atoms with Crippen LogP contribution in [0.15, 0.2) is 24.3 Å². The van der Waals surface area contributed by atoms with Gasteiger partial charge < -0.3 is 20.7 Å². The molecule has 4 saturated carbocycles. The molecule has 0 heterocycles. The predicted octanol–water partition coefficient (Wildman–Crippen LogP) is 3.93. The van der Waals surface area contributed by atoms with Crippen LogP contribution in [0.5, 0.6) is 5.75 Å². The number of methoxy groups -OCH3 is 1. The van der Waals surface area contributed by atoms with Gasteiger partial charge in [-0.25, -0.2) is 4.79 Å². The fourth-order valence-electron chi connectivity index (χ4n) is 6.31. The molecule has 4 aliphatic carbocycles. The van der Waals surface area contributed by atoms with E-state index in [2.05, 4.69) is 22.9 Å². The zero-order valence-electron chi connectivity index (χ0n) is 17.5. The highest BCUT2D eigenvalue weighted by atomic mass is 16.5. The average molecular weight is 400 g/mol. The van der Waals surface area contributed by atoms with Gasteiger partial charge in [-0.2, -0.15) is 0 Å². The molecule has 4 fully saturated rings. The van der Waals surface area contributed by atoms with Crippen molar-refractivity contribution in [3.63, 3.8) is 0 Å². The van der Waals surface area contributed by atoms with E-state index >= 15 is 0 Å². The molecule has 6 nitrogen and oxygen atoms in total.